The maximum Gasteiger partial charge on any atom is 0.170 e. The highest BCUT2D eigenvalue weighted by atomic mass is 24.3. The molecule has 0 amide bonds. The summed E-state index contributed by atoms with van der Waals surface area (Å²) in [6, 6.07) is 8.84. The van der Waals surface area contributed by atoms with Gasteiger partial charge in [0.15, 0.2) is 5.78 Å². The average Bonchev–Trinajstić information content (AvgIpc) is 2.05. The highest BCUT2D eigenvalue weighted by Crippen LogP contribution is 2.02. The monoisotopic (exact) mass is 186 g/mol. The number of rotatable bonds is 3. The summed E-state index contributed by atoms with van der Waals surface area (Å²) in [6.07, 6.45) is 0.00398. The highest BCUT2D eigenvalue weighted by molar-refractivity contribution is 6.07. The van der Waals surface area contributed by atoms with Crippen molar-refractivity contribution >= 4 is 34.6 Å². The first-order valence-electron chi connectivity index (χ1n) is 3.78. The molecule has 0 bridgehead atoms. The van der Waals surface area contributed by atoms with Gasteiger partial charge in [0.25, 0.3) is 0 Å². The van der Waals surface area contributed by atoms with Gasteiger partial charge in [-0.1, -0.05) is 30.3 Å². The van der Waals surface area contributed by atoms with Gasteiger partial charge in [-0.2, -0.15) is 0 Å². The van der Waals surface area contributed by atoms with Crippen LogP contribution in [0.1, 0.15) is 23.7 Å². The van der Waals surface area contributed by atoms with Crippen molar-refractivity contribution in [3.8, 4) is 0 Å². The fraction of sp³-hybridized carbons (Fsp3) is 0.200. The summed E-state index contributed by atoms with van der Waals surface area (Å²) in [5.74, 6) is -0.202. The van der Waals surface area contributed by atoms with Crippen LogP contribution in [0.25, 0.3) is 0 Å². The lowest BCUT2D eigenvalue weighted by Gasteiger charge is -1.95. The summed E-state index contributed by atoms with van der Waals surface area (Å²) in [6.45, 7) is 1.42. The quantitative estimate of drug-likeness (QED) is 0.407. The van der Waals surface area contributed by atoms with Crippen LogP contribution >= 0.6 is 0 Å². The molecule has 0 saturated carbocycles. The van der Waals surface area contributed by atoms with Crippen molar-refractivity contribution in [3.63, 3.8) is 0 Å². The van der Waals surface area contributed by atoms with Crippen LogP contribution in [0.5, 0.6) is 0 Å². The van der Waals surface area contributed by atoms with Gasteiger partial charge < -0.3 is 0 Å². The lowest BCUT2D eigenvalue weighted by atomic mass is 10.1. The van der Waals surface area contributed by atoms with Gasteiger partial charge in [-0.15, -0.1) is 0 Å². The Balaban J connectivity index is 0.00000144. The van der Waals surface area contributed by atoms with E-state index in [0.29, 0.717) is 5.56 Å². The van der Waals surface area contributed by atoms with Gasteiger partial charge in [-0.25, -0.2) is 0 Å². The van der Waals surface area contributed by atoms with Crippen molar-refractivity contribution < 1.29 is 9.59 Å². The Hall–Kier alpha value is -0.674. The first-order chi connectivity index (χ1) is 5.70. The first-order valence-corrected chi connectivity index (χ1v) is 3.78. The first kappa shape index (κ1) is 12.3. The number of hydrogen-bond donors (Lipinski definition) is 0. The summed E-state index contributed by atoms with van der Waals surface area (Å²) in [5, 5.41) is 0. The zero-order valence-electron chi connectivity index (χ0n) is 7.62. The van der Waals surface area contributed by atoms with Crippen LogP contribution in [-0.2, 0) is 4.79 Å². The van der Waals surface area contributed by atoms with Crippen molar-refractivity contribution in [2.75, 3.05) is 0 Å². The molecular weight excluding hydrogens is 176 g/mol. The fourth-order valence-electron chi connectivity index (χ4n) is 0.952. The van der Waals surface area contributed by atoms with Gasteiger partial charge in [0.2, 0.25) is 0 Å². The Morgan fingerprint density at radius 2 is 1.69 bits per heavy atom. The van der Waals surface area contributed by atoms with Gasteiger partial charge >= 0.3 is 0 Å². The molecule has 0 heterocycles. The van der Waals surface area contributed by atoms with Crippen molar-refractivity contribution in [2.24, 2.45) is 0 Å². The van der Waals surface area contributed by atoms with Gasteiger partial charge in [0.1, 0.15) is 5.78 Å². The molecule has 0 aliphatic rings. The number of ketones is 2. The van der Waals surface area contributed by atoms with E-state index in [9.17, 15) is 9.59 Å². The molecule has 1 aromatic carbocycles. The number of hydrogen-bond acceptors (Lipinski definition) is 2. The third-order valence-electron chi connectivity index (χ3n) is 1.51. The Kier molecular flexibility index (Phi) is 5.58. The smallest absolute Gasteiger partial charge is 0.170 e. The molecule has 0 aromatic heterocycles. The summed E-state index contributed by atoms with van der Waals surface area (Å²) in [4.78, 5) is 21.8. The lowest BCUT2D eigenvalue weighted by Crippen LogP contribution is -2.04. The molecule has 64 valence electrons. The predicted octanol–water partition coefficient (Wildman–Crippen LogP) is 1.47. The lowest BCUT2D eigenvalue weighted by molar-refractivity contribution is -0.116. The second-order valence-electron chi connectivity index (χ2n) is 2.67. The third-order valence-corrected chi connectivity index (χ3v) is 1.51. The van der Waals surface area contributed by atoms with Crippen molar-refractivity contribution in [1.82, 2.24) is 0 Å². The maximum absolute atomic E-state index is 11.2. The van der Waals surface area contributed by atoms with Gasteiger partial charge in [-0.05, 0) is 6.92 Å². The summed E-state index contributed by atoms with van der Waals surface area (Å²) in [5.41, 5.74) is 0.604. The fourth-order valence-corrected chi connectivity index (χ4v) is 0.952. The summed E-state index contributed by atoms with van der Waals surface area (Å²) in [7, 11) is 0. The van der Waals surface area contributed by atoms with Crippen molar-refractivity contribution in [3.05, 3.63) is 35.9 Å². The van der Waals surface area contributed by atoms with Crippen LogP contribution in [0.3, 0.4) is 0 Å². The maximum atomic E-state index is 11.2. The second kappa shape index (κ2) is 5.88. The predicted molar refractivity (Wildman–Crippen MR) is 51.8 cm³/mol. The standard InChI is InChI=1S/C10H10O2.Mg/c1-8(11)7-10(12)9-5-3-2-4-6-9;/h2-6H,7H2,1H3;. The normalized spacial score (nSPS) is 8.69. The summed E-state index contributed by atoms with van der Waals surface area (Å²) >= 11 is 0. The molecule has 0 atom stereocenters. The highest BCUT2D eigenvalue weighted by Gasteiger charge is 2.06. The van der Waals surface area contributed by atoms with E-state index in [1.165, 1.54) is 6.92 Å². The van der Waals surface area contributed by atoms with Crippen LogP contribution in [0.2, 0.25) is 0 Å². The van der Waals surface area contributed by atoms with E-state index in [1.807, 2.05) is 6.07 Å². The van der Waals surface area contributed by atoms with E-state index in [4.69, 9.17) is 0 Å². The molecule has 1 aromatic rings. The van der Waals surface area contributed by atoms with Crippen LogP contribution in [-0.4, -0.2) is 34.6 Å². The molecule has 0 fully saturated rings. The Labute approximate surface area is 93.5 Å². The molecule has 0 aliphatic heterocycles. The molecule has 1 rings (SSSR count). The topological polar surface area (TPSA) is 34.1 Å². The zero-order chi connectivity index (χ0) is 8.97. The number of carbonyl (C=O) groups is 2. The van der Waals surface area contributed by atoms with E-state index < -0.39 is 0 Å². The zero-order valence-corrected chi connectivity index (χ0v) is 9.03. The number of benzene rings is 1. The molecule has 2 radical (unpaired) electrons. The van der Waals surface area contributed by atoms with Crippen LogP contribution in [0.4, 0.5) is 0 Å². The molecular formula is C10H10MgO2. The molecule has 0 aliphatic carbocycles. The largest absolute Gasteiger partial charge is 0.300 e. The minimum Gasteiger partial charge on any atom is -0.300 e. The van der Waals surface area contributed by atoms with Crippen molar-refractivity contribution in [2.45, 2.75) is 13.3 Å². The SMILES string of the molecule is CC(=O)CC(=O)c1ccccc1.[Mg]. The Morgan fingerprint density at radius 1 is 1.15 bits per heavy atom. The number of Topliss-reactive ketones (excluding diaryl/α,β-unsaturated/α-hetero) is 2. The molecule has 0 spiro atoms. The molecule has 13 heavy (non-hydrogen) atoms. The van der Waals surface area contributed by atoms with E-state index >= 15 is 0 Å². The molecule has 0 saturated heterocycles. The van der Waals surface area contributed by atoms with Crippen molar-refractivity contribution in [1.29, 1.82) is 0 Å². The van der Waals surface area contributed by atoms with Gasteiger partial charge in [0, 0.05) is 28.6 Å². The molecule has 2 nitrogen and oxygen atoms in total. The minimum atomic E-state index is -0.108. The average molecular weight is 186 g/mol. The Morgan fingerprint density at radius 3 is 2.15 bits per heavy atom. The molecule has 0 N–H and O–H groups in total. The summed E-state index contributed by atoms with van der Waals surface area (Å²) < 4.78 is 0. The molecule has 3 heteroatoms. The van der Waals surface area contributed by atoms with E-state index in [-0.39, 0.29) is 41.0 Å². The van der Waals surface area contributed by atoms with E-state index in [0.717, 1.165) is 0 Å². The Bertz CT molecular complexity index is 293. The number of carbonyl (C=O) groups excluding carboxylic acids is 2. The van der Waals surface area contributed by atoms with Crippen LogP contribution in [0, 0.1) is 0 Å². The molecule has 0 unspecified atom stereocenters. The minimum absolute atomic E-state index is 0. The van der Waals surface area contributed by atoms with Crippen LogP contribution < -0.4 is 0 Å². The second-order valence-corrected chi connectivity index (χ2v) is 2.67. The van der Waals surface area contributed by atoms with Gasteiger partial charge in [-0.3, -0.25) is 9.59 Å². The van der Waals surface area contributed by atoms with E-state index in [2.05, 4.69) is 0 Å². The van der Waals surface area contributed by atoms with Crippen LogP contribution in [0.15, 0.2) is 30.3 Å². The van der Waals surface area contributed by atoms with Gasteiger partial charge in [0.05, 0.1) is 6.42 Å². The van der Waals surface area contributed by atoms with E-state index in [1.54, 1.807) is 24.3 Å². The third kappa shape index (κ3) is 4.19.